The van der Waals surface area contributed by atoms with Gasteiger partial charge in [0.2, 0.25) is 5.88 Å². The highest BCUT2D eigenvalue weighted by molar-refractivity contribution is 7.90. The monoisotopic (exact) mass is 697 g/mol. The highest BCUT2D eigenvalue weighted by atomic mass is 35.5. The summed E-state index contributed by atoms with van der Waals surface area (Å²) in [7, 11) is -4.36. The predicted molar refractivity (Wildman–Crippen MR) is 166 cm³/mol. The molecule has 17 heteroatoms. The zero-order chi connectivity index (χ0) is 34.0. The lowest BCUT2D eigenvalue weighted by atomic mass is 9.94. The normalized spacial score (nSPS) is 18.5. The van der Waals surface area contributed by atoms with Crippen LogP contribution in [0, 0.1) is 11.3 Å². The standard InChI is InChI=1S/C30H35ClF3N7O5S/c1-28(2)15-19(17-36-28)5-4-13-35-22-6-3-7-25(37-22)47(44,45)40-27(43)21-8-9-23(38-26(21)31)41-14-10-24(39-41)46-18-20(42)16-29(11-12-29)30(32,33)34/h3,6-10,14,19,36H,4-5,11-13,15-18H2,1-2H3,(H,35,37)(H,40,43)/t19-/m0/s1. The van der Waals surface area contributed by atoms with Crippen molar-refractivity contribution in [2.75, 3.05) is 25.0 Å². The number of pyridine rings is 2. The molecule has 254 valence electrons. The average molecular weight is 698 g/mol. The van der Waals surface area contributed by atoms with Gasteiger partial charge in [0.15, 0.2) is 16.6 Å². The molecular formula is C30H35ClF3N7O5S. The number of hydrogen-bond acceptors (Lipinski definition) is 10. The van der Waals surface area contributed by atoms with E-state index in [0.717, 1.165) is 25.8 Å². The zero-order valence-electron chi connectivity index (χ0n) is 25.7. The van der Waals surface area contributed by atoms with Crippen LogP contribution in [0.25, 0.3) is 5.82 Å². The third-order valence-corrected chi connectivity index (χ3v) is 9.76. The summed E-state index contributed by atoms with van der Waals surface area (Å²) in [5.74, 6) is -0.705. The molecule has 1 aliphatic carbocycles. The average Bonchev–Trinajstić information content (AvgIpc) is 3.49. The minimum Gasteiger partial charge on any atom is -0.469 e. The van der Waals surface area contributed by atoms with E-state index < -0.39 is 46.3 Å². The van der Waals surface area contributed by atoms with Gasteiger partial charge in [-0.25, -0.2) is 19.4 Å². The number of nitrogens with zero attached hydrogens (tertiary/aromatic N) is 4. The lowest BCUT2D eigenvalue weighted by molar-refractivity contribution is -0.190. The topological polar surface area (TPSA) is 157 Å². The zero-order valence-corrected chi connectivity index (χ0v) is 27.3. The van der Waals surface area contributed by atoms with Crippen LogP contribution in [-0.2, 0) is 14.8 Å². The summed E-state index contributed by atoms with van der Waals surface area (Å²) in [4.78, 5) is 33.2. The third kappa shape index (κ3) is 8.59. The summed E-state index contributed by atoms with van der Waals surface area (Å²) in [5.41, 5.74) is -2.04. The summed E-state index contributed by atoms with van der Waals surface area (Å²) in [6.45, 7) is 5.37. The van der Waals surface area contributed by atoms with Crippen LogP contribution in [0.3, 0.4) is 0 Å². The van der Waals surface area contributed by atoms with Crippen molar-refractivity contribution in [2.45, 2.75) is 69.1 Å². The number of amides is 1. The Balaban J connectivity index is 1.13. The van der Waals surface area contributed by atoms with Gasteiger partial charge in [0.05, 0.1) is 11.0 Å². The summed E-state index contributed by atoms with van der Waals surface area (Å²) in [5, 5.41) is 10.0. The summed E-state index contributed by atoms with van der Waals surface area (Å²) in [6, 6.07) is 8.39. The van der Waals surface area contributed by atoms with Gasteiger partial charge in [-0.2, -0.15) is 21.6 Å². The highest BCUT2D eigenvalue weighted by Gasteiger charge is 2.63. The molecule has 4 heterocycles. The van der Waals surface area contributed by atoms with Crippen molar-refractivity contribution >= 4 is 39.1 Å². The first kappa shape index (κ1) is 34.6. The molecule has 5 rings (SSSR count). The summed E-state index contributed by atoms with van der Waals surface area (Å²) >= 11 is 6.22. The van der Waals surface area contributed by atoms with Crippen LogP contribution in [0.4, 0.5) is 19.0 Å². The van der Waals surface area contributed by atoms with Crippen molar-refractivity contribution in [3.63, 3.8) is 0 Å². The van der Waals surface area contributed by atoms with Crippen LogP contribution < -0.4 is 20.1 Å². The molecule has 0 aromatic carbocycles. The molecule has 0 radical (unpaired) electrons. The Morgan fingerprint density at radius 1 is 1.15 bits per heavy atom. The molecule has 1 atom stereocenters. The molecule has 0 unspecified atom stereocenters. The fraction of sp³-hybridized carbons (Fsp3) is 0.500. The first-order valence-corrected chi connectivity index (χ1v) is 16.9. The maximum absolute atomic E-state index is 13.1. The molecule has 2 aliphatic rings. The lowest BCUT2D eigenvalue weighted by Gasteiger charge is -2.17. The number of aromatic nitrogens is 4. The van der Waals surface area contributed by atoms with E-state index in [2.05, 4.69) is 39.5 Å². The molecule has 3 N–H and O–H groups in total. The Hall–Kier alpha value is -3.76. The van der Waals surface area contributed by atoms with E-state index in [9.17, 15) is 31.2 Å². The Bertz CT molecular complexity index is 1750. The van der Waals surface area contributed by atoms with Gasteiger partial charge in [0.25, 0.3) is 15.9 Å². The number of nitrogens with one attached hydrogen (secondary N) is 3. The molecular weight excluding hydrogens is 663 g/mol. The minimum atomic E-state index is -4.44. The fourth-order valence-corrected chi connectivity index (χ4v) is 6.69. The van der Waals surface area contributed by atoms with E-state index in [4.69, 9.17) is 16.3 Å². The largest absolute Gasteiger partial charge is 0.469 e. The van der Waals surface area contributed by atoms with E-state index in [1.165, 1.54) is 41.2 Å². The van der Waals surface area contributed by atoms with E-state index in [0.29, 0.717) is 18.3 Å². The summed E-state index contributed by atoms with van der Waals surface area (Å²) < 4.78 is 73.7. The molecule has 3 aromatic heterocycles. The number of sulfonamides is 1. The smallest absolute Gasteiger partial charge is 0.394 e. The van der Waals surface area contributed by atoms with E-state index in [-0.39, 0.29) is 45.8 Å². The van der Waals surface area contributed by atoms with Crippen LogP contribution in [0.15, 0.2) is 47.6 Å². The SMILES string of the molecule is CC1(C)C[C@H](CCCNc2cccc(S(=O)(=O)NC(=O)c3ccc(-n4ccc(OCC(=O)CC5(C(F)(F)F)CC5)n4)nc3Cl)n2)CN1. The number of alkyl halides is 3. The van der Waals surface area contributed by atoms with Crippen molar-refractivity contribution in [2.24, 2.45) is 11.3 Å². The van der Waals surface area contributed by atoms with Crippen molar-refractivity contribution in [1.82, 2.24) is 29.8 Å². The minimum absolute atomic E-state index is 0.0413. The van der Waals surface area contributed by atoms with Gasteiger partial charge in [-0.15, -0.1) is 5.10 Å². The molecule has 1 saturated heterocycles. The predicted octanol–water partition coefficient (Wildman–Crippen LogP) is 4.70. The number of ether oxygens (including phenoxy) is 1. The Morgan fingerprint density at radius 3 is 2.57 bits per heavy atom. The molecule has 1 saturated carbocycles. The van der Waals surface area contributed by atoms with Crippen LogP contribution >= 0.6 is 11.6 Å². The maximum Gasteiger partial charge on any atom is 0.394 e. The molecule has 0 bridgehead atoms. The van der Waals surface area contributed by atoms with Gasteiger partial charge < -0.3 is 15.4 Å². The van der Waals surface area contributed by atoms with Crippen LogP contribution in [0.5, 0.6) is 5.88 Å². The highest BCUT2D eigenvalue weighted by Crippen LogP contribution is 2.60. The first-order valence-electron chi connectivity index (χ1n) is 15.0. The molecule has 47 heavy (non-hydrogen) atoms. The Morgan fingerprint density at radius 2 is 1.91 bits per heavy atom. The second-order valence-electron chi connectivity index (χ2n) is 12.6. The van der Waals surface area contributed by atoms with Crippen molar-refractivity contribution in [1.29, 1.82) is 0 Å². The van der Waals surface area contributed by atoms with Crippen LogP contribution in [0.1, 0.15) is 62.7 Å². The number of Topliss-reactive ketones (excluding diaryl/α,β-unsaturated/α-hetero) is 1. The molecule has 2 fully saturated rings. The molecule has 1 amide bonds. The van der Waals surface area contributed by atoms with Crippen molar-refractivity contribution in [3.05, 3.63) is 53.3 Å². The number of hydrogen-bond donors (Lipinski definition) is 3. The number of anilines is 1. The number of ketones is 1. The molecule has 12 nitrogen and oxygen atoms in total. The Kier molecular flexibility index (Phi) is 9.85. The van der Waals surface area contributed by atoms with Gasteiger partial charge in [0, 0.05) is 30.8 Å². The van der Waals surface area contributed by atoms with E-state index >= 15 is 0 Å². The molecule has 0 spiro atoms. The van der Waals surface area contributed by atoms with E-state index in [1.54, 1.807) is 6.07 Å². The number of carbonyl (C=O) groups excluding carboxylic acids is 2. The number of halogens is 4. The first-order chi connectivity index (χ1) is 22.1. The number of rotatable bonds is 14. The van der Waals surface area contributed by atoms with Crippen LogP contribution in [-0.4, -0.2) is 71.3 Å². The lowest BCUT2D eigenvalue weighted by Crippen LogP contribution is -2.31. The number of carbonyl (C=O) groups is 2. The third-order valence-electron chi connectivity index (χ3n) is 8.24. The Labute approximate surface area is 274 Å². The van der Waals surface area contributed by atoms with Gasteiger partial charge >= 0.3 is 6.18 Å². The van der Waals surface area contributed by atoms with Crippen molar-refractivity contribution in [3.8, 4) is 11.7 Å². The van der Waals surface area contributed by atoms with Crippen LogP contribution in [0.2, 0.25) is 5.15 Å². The maximum atomic E-state index is 13.1. The molecule has 3 aromatic rings. The molecule has 1 aliphatic heterocycles. The fourth-order valence-electron chi connectivity index (χ4n) is 5.52. The van der Waals surface area contributed by atoms with Gasteiger partial charge in [0.1, 0.15) is 17.6 Å². The van der Waals surface area contributed by atoms with E-state index in [1.807, 2.05) is 4.72 Å². The summed E-state index contributed by atoms with van der Waals surface area (Å²) in [6.07, 6.45) is -0.835. The van der Waals surface area contributed by atoms with Gasteiger partial charge in [-0.05, 0) is 82.7 Å². The van der Waals surface area contributed by atoms with Gasteiger partial charge in [-0.1, -0.05) is 17.7 Å². The van der Waals surface area contributed by atoms with Crippen molar-refractivity contribution < 1.29 is 35.9 Å². The second-order valence-corrected chi connectivity index (χ2v) is 14.6. The quantitative estimate of drug-likeness (QED) is 0.159. The second kappa shape index (κ2) is 13.4. The van der Waals surface area contributed by atoms with Gasteiger partial charge in [-0.3, -0.25) is 9.59 Å².